The Bertz CT molecular complexity index is 543. The van der Waals surface area contributed by atoms with E-state index in [9.17, 15) is 9.59 Å². The molecular weight excluding hydrogens is 314 g/mol. The normalized spacial score (nSPS) is 17.3. The molecule has 1 fully saturated rings. The summed E-state index contributed by atoms with van der Waals surface area (Å²) in [4.78, 5) is 26.7. The van der Waals surface area contributed by atoms with Gasteiger partial charge in [0.2, 0.25) is 5.91 Å². The van der Waals surface area contributed by atoms with E-state index < -0.39 is 0 Å². The molecule has 0 aliphatic carbocycles. The second-order valence-corrected chi connectivity index (χ2v) is 5.94. The van der Waals surface area contributed by atoms with Gasteiger partial charge in [0.25, 0.3) is 5.91 Å². The van der Waals surface area contributed by atoms with Crippen LogP contribution in [-0.4, -0.2) is 42.9 Å². The Labute approximate surface area is 144 Å². The maximum absolute atomic E-state index is 12.8. The van der Waals surface area contributed by atoms with Gasteiger partial charge in [-0.05, 0) is 37.8 Å². The predicted octanol–water partition coefficient (Wildman–Crippen LogP) is 1.65. The lowest BCUT2D eigenvalue weighted by atomic mass is 9.95. The highest BCUT2D eigenvalue weighted by Crippen LogP contribution is 2.22. The number of nitrogens with zero attached hydrogens (tertiary/aromatic N) is 1. The van der Waals surface area contributed by atoms with Crippen LogP contribution in [0.3, 0.4) is 0 Å². The maximum atomic E-state index is 12.8. The fraction of sp³-hybridized carbons (Fsp3) is 0.529. The zero-order chi connectivity index (χ0) is 16.1. The Morgan fingerprint density at radius 1 is 1.30 bits per heavy atom. The van der Waals surface area contributed by atoms with Crippen molar-refractivity contribution in [2.24, 2.45) is 11.7 Å². The standard InChI is InChI=1S/C17H25N3O2.ClH/c1-12-5-3-6-13(2)15(12)17(22)20-10-4-7-14(11-20)16(21)19-9-8-18;/h3,5-6,14H,4,7-11,18H2,1-2H3,(H,19,21);1H. The Balaban J connectivity index is 0.00000264. The van der Waals surface area contributed by atoms with Crippen LogP contribution in [0.25, 0.3) is 0 Å². The lowest BCUT2D eigenvalue weighted by molar-refractivity contribution is -0.126. The van der Waals surface area contributed by atoms with E-state index in [1.807, 2.05) is 36.9 Å². The number of carbonyl (C=O) groups excluding carboxylic acids is 2. The molecule has 3 N–H and O–H groups in total. The van der Waals surface area contributed by atoms with Crippen molar-refractivity contribution in [1.82, 2.24) is 10.2 Å². The molecule has 1 aliphatic rings. The van der Waals surface area contributed by atoms with Crippen LogP contribution in [0, 0.1) is 19.8 Å². The Kier molecular flexibility index (Phi) is 7.52. The largest absolute Gasteiger partial charge is 0.355 e. The molecular formula is C17H26ClN3O2. The Morgan fingerprint density at radius 2 is 1.96 bits per heavy atom. The van der Waals surface area contributed by atoms with Crippen LogP contribution < -0.4 is 11.1 Å². The van der Waals surface area contributed by atoms with Gasteiger partial charge in [-0.3, -0.25) is 9.59 Å². The number of carbonyl (C=O) groups is 2. The highest BCUT2D eigenvalue weighted by atomic mass is 35.5. The molecule has 1 unspecified atom stereocenters. The first-order valence-electron chi connectivity index (χ1n) is 7.88. The van der Waals surface area contributed by atoms with Crippen molar-refractivity contribution in [2.45, 2.75) is 26.7 Å². The lowest BCUT2D eigenvalue weighted by Gasteiger charge is -2.32. The van der Waals surface area contributed by atoms with E-state index in [0.29, 0.717) is 26.2 Å². The van der Waals surface area contributed by atoms with Crippen molar-refractivity contribution in [2.75, 3.05) is 26.2 Å². The molecule has 6 heteroatoms. The topological polar surface area (TPSA) is 75.4 Å². The molecule has 1 aliphatic heterocycles. The minimum atomic E-state index is -0.131. The van der Waals surface area contributed by atoms with Gasteiger partial charge >= 0.3 is 0 Å². The highest BCUT2D eigenvalue weighted by Gasteiger charge is 2.29. The van der Waals surface area contributed by atoms with E-state index in [2.05, 4.69) is 5.32 Å². The third kappa shape index (κ3) is 4.69. The van der Waals surface area contributed by atoms with Crippen molar-refractivity contribution < 1.29 is 9.59 Å². The molecule has 2 rings (SSSR count). The quantitative estimate of drug-likeness (QED) is 0.875. The summed E-state index contributed by atoms with van der Waals surface area (Å²) in [5.41, 5.74) is 8.15. The van der Waals surface area contributed by atoms with Gasteiger partial charge in [0.05, 0.1) is 5.92 Å². The number of nitrogens with two attached hydrogens (primary N) is 1. The first-order valence-corrected chi connectivity index (χ1v) is 7.88. The van der Waals surface area contributed by atoms with Crippen molar-refractivity contribution in [1.29, 1.82) is 0 Å². The van der Waals surface area contributed by atoms with Crippen LogP contribution >= 0.6 is 12.4 Å². The summed E-state index contributed by atoms with van der Waals surface area (Å²) >= 11 is 0. The van der Waals surface area contributed by atoms with Crippen molar-refractivity contribution in [3.05, 3.63) is 34.9 Å². The number of hydrogen-bond donors (Lipinski definition) is 2. The molecule has 0 spiro atoms. The number of nitrogens with one attached hydrogen (secondary N) is 1. The molecule has 0 radical (unpaired) electrons. The minimum absolute atomic E-state index is 0. The number of halogens is 1. The van der Waals surface area contributed by atoms with Crippen LogP contribution in [0.15, 0.2) is 18.2 Å². The van der Waals surface area contributed by atoms with Crippen LogP contribution in [0.2, 0.25) is 0 Å². The summed E-state index contributed by atoms with van der Waals surface area (Å²) in [7, 11) is 0. The van der Waals surface area contributed by atoms with Gasteiger partial charge in [0, 0.05) is 31.7 Å². The molecule has 1 saturated heterocycles. The average molecular weight is 340 g/mol. The zero-order valence-electron chi connectivity index (χ0n) is 13.8. The highest BCUT2D eigenvalue weighted by molar-refractivity contribution is 5.97. The fourth-order valence-corrected chi connectivity index (χ4v) is 3.03. The molecule has 128 valence electrons. The zero-order valence-corrected chi connectivity index (χ0v) is 14.6. The Morgan fingerprint density at radius 3 is 2.57 bits per heavy atom. The number of aryl methyl sites for hydroxylation is 2. The summed E-state index contributed by atoms with van der Waals surface area (Å²) in [5, 5.41) is 2.82. The summed E-state index contributed by atoms with van der Waals surface area (Å²) in [6.07, 6.45) is 1.68. The van der Waals surface area contributed by atoms with E-state index in [-0.39, 0.29) is 30.1 Å². The van der Waals surface area contributed by atoms with Crippen molar-refractivity contribution in [3.63, 3.8) is 0 Å². The van der Waals surface area contributed by atoms with E-state index in [1.54, 1.807) is 0 Å². The lowest BCUT2D eigenvalue weighted by Crippen LogP contribution is -2.46. The van der Waals surface area contributed by atoms with E-state index >= 15 is 0 Å². The smallest absolute Gasteiger partial charge is 0.254 e. The predicted molar refractivity (Wildman–Crippen MR) is 93.9 cm³/mol. The van der Waals surface area contributed by atoms with Gasteiger partial charge in [-0.1, -0.05) is 18.2 Å². The second kappa shape index (κ2) is 8.89. The van der Waals surface area contributed by atoms with Crippen LogP contribution in [0.4, 0.5) is 0 Å². The summed E-state index contributed by atoms with van der Waals surface area (Å²) in [6, 6.07) is 5.87. The monoisotopic (exact) mass is 339 g/mol. The SMILES string of the molecule is Cc1cccc(C)c1C(=O)N1CCCC(C(=O)NCCN)C1.Cl. The second-order valence-electron chi connectivity index (χ2n) is 5.94. The number of piperidine rings is 1. The molecule has 0 saturated carbocycles. The van der Waals surface area contributed by atoms with Gasteiger partial charge in [-0.25, -0.2) is 0 Å². The van der Waals surface area contributed by atoms with E-state index in [1.165, 1.54) is 0 Å². The van der Waals surface area contributed by atoms with E-state index in [0.717, 1.165) is 29.5 Å². The third-order valence-corrected chi connectivity index (χ3v) is 4.22. The summed E-state index contributed by atoms with van der Waals surface area (Å²) in [5.74, 6) is -0.0926. The molecule has 1 aromatic rings. The molecule has 0 bridgehead atoms. The number of hydrogen-bond acceptors (Lipinski definition) is 3. The van der Waals surface area contributed by atoms with Crippen LogP contribution in [0.5, 0.6) is 0 Å². The van der Waals surface area contributed by atoms with Gasteiger partial charge in [0.1, 0.15) is 0 Å². The van der Waals surface area contributed by atoms with Crippen LogP contribution in [-0.2, 0) is 4.79 Å². The first-order chi connectivity index (χ1) is 10.5. The molecule has 5 nitrogen and oxygen atoms in total. The minimum Gasteiger partial charge on any atom is -0.355 e. The molecule has 1 atom stereocenters. The molecule has 1 heterocycles. The number of benzene rings is 1. The maximum Gasteiger partial charge on any atom is 0.254 e. The van der Waals surface area contributed by atoms with Gasteiger partial charge in [0.15, 0.2) is 0 Å². The molecule has 23 heavy (non-hydrogen) atoms. The van der Waals surface area contributed by atoms with Gasteiger partial charge < -0.3 is 16.0 Å². The molecule has 0 aromatic heterocycles. The van der Waals surface area contributed by atoms with Crippen molar-refractivity contribution in [3.8, 4) is 0 Å². The van der Waals surface area contributed by atoms with Crippen molar-refractivity contribution >= 4 is 24.2 Å². The third-order valence-electron chi connectivity index (χ3n) is 4.22. The van der Waals surface area contributed by atoms with Crippen LogP contribution in [0.1, 0.15) is 34.3 Å². The number of rotatable bonds is 4. The number of likely N-dealkylation sites (tertiary alicyclic amines) is 1. The Hall–Kier alpha value is -1.59. The number of amides is 2. The molecule has 1 aromatic carbocycles. The average Bonchev–Trinajstić information content (AvgIpc) is 2.52. The van der Waals surface area contributed by atoms with E-state index in [4.69, 9.17) is 5.73 Å². The first kappa shape index (κ1) is 19.5. The molecule has 2 amide bonds. The van der Waals surface area contributed by atoms with Gasteiger partial charge in [-0.15, -0.1) is 12.4 Å². The fourth-order valence-electron chi connectivity index (χ4n) is 3.03. The summed E-state index contributed by atoms with van der Waals surface area (Å²) < 4.78 is 0. The summed E-state index contributed by atoms with van der Waals surface area (Å²) in [6.45, 7) is 6.03. The van der Waals surface area contributed by atoms with Gasteiger partial charge in [-0.2, -0.15) is 0 Å².